The van der Waals surface area contributed by atoms with Crippen molar-refractivity contribution in [1.82, 2.24) is 19.3 Å². The van der Waals surface area contributed by atoms with Crippen LogP contribution in [0.4, 0.5) is 0 Å². The molecule has 0 aliphatic rings. The van der Waals surface area contributed by atoms with Crippen LogP contribution in [0.1, 0.15) is 17.0 Å². The summed E-state index contributed by atoms with van der Waals surface area (Å²) in [5.74, 6) is 1.50. The molecule has 4 heterocycles. The third-order valence-corrected chi connectivity index (χ3v) is 5.92. The highest BCUT2D eigenvalue weighted by Crippen LogP contribution is 2.16. The van der Waals surface area contributed by atoms with Crippen LogP contribution in [0.25, 0.3) is 4.96 Å². The molecule has 0 N–H and O–H groups in total. The van der Waals surface area contributed by atoms with Crippen molar-refractivity contribution in [3.8, 4) is 0 Å². The van der Waals surface area contributed by atoms with Crippen LogP contribution >= 0.6 is 23.1 Å². The van der Waals surface area contributed by atoms with E-state index >= 15 is 0 Å². The number of nitrogens with zero attached hydrogens (tertiary/aromatic N) is 4. The van der Waals surface area contributed by atoms with Crippen LogP contribution in [-0.4, -0.2) is 30.9 Å². The van der Waals surface area contributed by atoms with E-state index in [9.17, 15) is 9.59 Å². The highest BCUT2D eigenvalue weighted by Gasteiger charge is 2.16. The zero-order valence-electron chi connectivity index (χ0n) is 15.4. The molecular formula is C20H18N4O3S2. The first kappa shape index (κ1) is 19.4. The van der Waals surface area contributed by atoms with Crippen LogP contribution < -0.4 is 5.56 Å². The number of rotatable bonds is 8. The molecule has 0 saturated carbocycles. The molecule has 4 aromatic heterocycles. The number of carbonyl (C=O) groups is 1. The zero-order valence-corrected chi connectivity index (χ0v) is 17.1. The van der Waals surface area contributed by atoms with Gasteiger partial charge >= 0.3 is 0 Å². The number of thiazole rings is 1. The lowest BCUT2D eigenvalue weighted by Gasteiger charge is -2.21. The molecule has 0 saturated heterocycles. The molecule has 1 amide bonds. The summed E-state index contributed by atoms with van der Waals surface area (Å²) >= 11 is 2.86. The van der Waals surface area contributed by atoms with Gasteiger partial charge < -0.3 is 9.32 Å². The molecule has 9 heteroatoms. The number of aromatic nitrogens is 3. The van der Waals surface area contributed by atoms with Gasteiger partial charge in [-0.1, -0.05) is 6.07 Å². The van der Waals surface area contributed by atoms with Crippen molar-refractivity contribution in [2.24, 2.45) is 0 Å². The van der Waals surface area contributed by atoms with Gasteiger partial charge in [-0.2, -0.15) is 0 Å². The molecule has 0 spiro atoms. The monoisotopic (exact) mass is 426 g/mol. The van der Waals surface area contributed by atoms with Crippen molar-refractivity contribution in [3.05, 3.63) is 87.9 Å². The van der Waals surface area contributed by atoms with Gasteiger partial charge in [-0.05, 0) is 23.8 Å². The fourth-order valence-electron chi connectivity index (χ4n) is 2.83. The Kier molecular flexibility index (Phi) is 6.06. The molecule has 0 radical (unpaired) electrons. The van der Waals surface area contributed by atoms with Gasteiger partial charge in [0, 0.05) is 42.3 Å². The van der Waals surface area contributed by atoms with E-state index in [-0.39, 0.29) is 17.2 Å². The lowest BCUT2D eigenvalue weighted by atomic mass is 10.2. The highest BCUT2D eigenvalue weighted by atomic mass is 32.2. The van der Waals surface area contributed by atoms with Crippen molar-refractivity contribution >= 4 is 34.0 Å². The van der Waals surface area contributed by atoms with Crippen LogP contribution in [-0.2, 0) is 23.6 Å². The molecule has 0 bridgehead atoms. The predicted octanol–water partition coefficient (Wildman–Crippen LogP) is 3.21. The summed E-state index contributed by atoms with van der Waals surface area (Å²) in [6.45, 7) is 0.844. The second-order valence-electron chi connectivity index (χ2n) is 6.32. The van der Waals surface area contributed by atoms with Crippen molar-refractivity contribution in [1.29, 1.82) is 0 Å². The number of pyridine rings is 1. The molecule has 0 aromatic carbocycles. The van der Waals surface area contributed by atoms with Gasteiger partial charge in [0.05, 0.1) is 24.3 Å². The van der Waals surface area contributed by atoms with E-state index < -0.39 is 0 Å². The van der Waals surface area contributed by atoms with Gasteiger partial charge in [0.25, 0.3) is 5.56 Å². The Labute approximate surface area is 175 Å². The normalized spacial score (nSPS) is 11.0. The minimum absolute atomic E-state index is 0.0100. The van der Waals surface area contributed by atoms with Crippen molar-refractivity contribution in [3.63, 3.8) is 0 Å². The lowest BCUT2D eigenvalue weighted by molar-refractivity contribution is -0.129. The molecule has 0 atom stereocenters. The smallest absolute Gasteiger partial charge is 0.258 e. The van der Waals surface area contributed by atoms with E-state index in [1.807, 2.05) is 29.6 Å². The zero-order chi connectivity index (χ0) is 20.1. The van der Waals surface area contributed by atoms with Gasteiger partial charge in [-0.3, -0.25) is 19.0 Å². The third kappa shape index (κ3) is 4.93. The summed E-state index contributed by atoms with van der Waals surface area (Å²) in [5, 5.41) is 1.83. The number of amides is 1. The summed E-state index contributed by atoms with van der Waals surface area (Å²) in [6.07, 6.45) is 6.77. The minimum atomic E-state index is -0.103. The first-order valence-electron chi connectivity index (χ1n) is 8.91. The third-order valence-electron chi connectivity index (χ3n) is 4.21. The molecular weight excluding hydrogens is 408 g/mol. The molecule has 7 nitrogen and oxygen atoms in total. The average molecular weight is 427 g/mol. The van der Waals surface area contributed by atoms with Crippen LogP contribution in [0.2, 0.25) is 0 Å². The maximum atomic E-state index is 12.9. The van der Waals surface area contributed by atoms with E-state index in [1.165, 1.54) is 33.6 Å². The van der Waals surface area contributed by atoms with Gasteiger partial charge in [-0.25, -0.2) is 4.98 Å². The number of fused-ring (bicyclic) bond motifs is 1. The van der Waals surface area contributed by atoms with E-state index in [4.69, 9.17) is 4.42 Å². The van der Waals surface area contributed by atoms with Crippen LogP contribution in [0.3, 0.4) is 0 Å². The molecule has 0 aliphatic heterocycles. The largest absolute Gasteiger partial charge is 0.467 e. The summed E-state index contributed by atoms with van der Waals surface area (Å²) < 4.78 is 6.93. The fourth-order valence-corrected chi connectivity index (χ4v) is 4.39. The topological polar surface area (TPSA) is 80.7 Å². The first-order valence-corrected chi connectivity index (χ1v) is 10.9. The van der Waals surface area contributed by atoms with Crippen LogP contribution in [0, 0.1) is 0 Å². The molecule has 148 valence electrons. The minimum Gasteiger partial charge on any atom is -0.467 e. The number of hydrogen-bond donors (Lipinski definition) is 0. The Bertz CT molecular complexity index is 1140. The quantitative estimate of drug-likeness (QED) is 0.430. The molecule has 0 fully saturated rings. The van der Waals surface area contributed by atoms with Crippen LogP contribution in [0.5, 0.6) is 0 Å². The second-order valence-corrected chi connectivity index (χ2v) is 8.18. The maximum absolute atomic E-state index is 12.9. The molecule has 4 aromatic rings. The van der Waals surface area contributed by atoms with E-state index in [2.05, 4.69) is 9.97 Å². The number of hydrogen-bond acceptors (Lipinski definition) is 7. The molecule has 29 heavy (non-hydrogen) atoms. The molecule has 0 unspecified atom stereocenters. The van der Waals surface area contributed by atoms with E-state index in [0.717, 1.165) is 11.3 Å². The van der Waals surface area contributed by atoms with Gasteiger partial charge in [-0.15, -0.1) is 23.1 Å². The van der Waals surface area contributed by atoms with Gasteiger partial charge in [0.15, 0.2) is 4.96 Å². The van der Waals surface area contributed by atoms with Crippen LogP contribution in [0.15, 0.2) is 69.8 Å². The van der Waals surface area contributed by atoms with Crippen molar-refractivity contribution < 1.29 is 9.21 Å². The standard InChI is InChI=1S/C20H18N4O3S2/c25-18-9-16(22-20-24(18)6-8-29-20)13-28-14-19(26)23(12-17-4-2-7-27-17)11-15-3-1-5-21-10-15/h1-10H,11-14H2. The van der Waals surface area contributed by atoms with Gasteiger partial charge in [0.2, 0.25) is 5.91 Å². The predicted molar refractivity (Wildman–Crippen MR) is 113 cm³/mol. The van der Waals surface area contributed by atoms with Crippen molar-refractivity contribution in [2.45, 2.75) is 18.8 Å². The lowest BCUT2D eigenvalue weighted by Crippen LogP contribution is -2.31. The Hall–Kier alpha value is -2.91. The number of thioether (sulfide) groups is 1. The van der Waals surface area contributed by atoms with E-state index in [1.54, 1.807) is 29.8 Å². The van der Waals surface area contributed by atoms with Crippen molar-refractivity contribution in [2.75, 3.05) is 5.75 Å². The Balaban J connectivity index is 1.40. The Morgan fingerprint density at radius 1 is 1.28 bits per heavy atom. The summed E-state index contributed by atoms with van der Waals surface area (Å²) in [5.41, 5.74) is 1.53. The maximum Gasteiger partial charge on any atom is 0.258 e. The summed E-state index contributed by atoms with van der Waals surface area (Å²) in [6, 6.07) is 8.97. The van der Waals surface area contributed by atoms with E-state index in [0.29, 0.717) is 29.5 Å². The number of carbonyl (C=O) groups excluding carboxylic acids is 1. The molecule has 0 aliphatic carbocycles. The Morgan fingerprint density at radius 3 is 3.00 bits per heavy atom. The fraction of sp³-hybridized carbons (Fsp3) is 0.200. The van der Waals surface area contributed by atoms with Gasteiger partial charge in [0.1, 0.15) is 5.76 Å². The summed E-state index contributed by atoms with van der Waals surface area (Å²) in [4.78, 5) is 35.9. The number of furan rings is 1. The highest BCUT2D eigenvalue weighted by molar-refractivity contribution is 7.99. The SMILES string of the molecule is O=C(CSCc1cc(=O)n2ccsc2n1)N(Cc1cccnc1)Cc1ccco1. The summed E-state index contributed by atoms with van der Waals surface area (Å²) in [7, 11) is 0. The Morgan fingerprint density at radius 2 is 2.21 bits per heavy atom. The second kappa shape index (κ2) is 9.06. The molecule has 4 rings (SSSR count). The average Bonchev–Trinajstić information content (AvgIpc) is 3.40. The first-order chi connectivity index (χ1) is 14.2.